The molecule has 1 atom stereocenters. The standard InChI is InChI=1S/C11H13BrN2O2S/c12-10-6-8(14(15)16)3-4-11(10)13-7-9-2-1-5-17-9/h3-4,6,9,13H,1-2,5,7H2. The van der Waals surface area contributed by atoms with E-state index in [0.29, 0.717) is 5.25 Å². The molecule has 1 saturated heterocycles. The lowest BCUT2D eigenvalue weighted by Crippen LogP contribution is -2.13. The second-order valence-corrected chi connectivity index (χ2v) is 6.20. The molecule has 1 fully saturated rings. The Balaban J connectivity index is 1.98. The highest BCUT2D eigenvalue weighted by molar-refractivity contribution is 9.10. The molecule has 0 aromatic heterocycles. The third kappa shape index (κ3) is 3.35. The molecule has 1 aromatic carbocycles. The quantitative estimate of drug-likeness (QED) is 0.680. The summed E-state index contributed by atoms with van der Waals surface area (Å²) >= 11 is 5.34. The molecule has 1 heterocycles. The lowest BCUT2D eigenvalue weighted by molar-refractivity contribution is -0.384. The van der Waals surface area contributed by atoms with Crippen LogP contribution in [0.5, 0.6) is 0 Å². The first-order valence-corrected chi connectivity index (χ1v) is 7.30. The Hall–Kier alpha value is -0.750. The van der Waals surface area contributed by atoms with Gasteiger partial charge < -0.3 is 5.32 Å². The lowest BCUT2D eigenvalue weighted by atomic mass is 10.2. The monoisotopic (exact) mass is 316 g/mol. The van der Waals surface area contributed by atoms with Crippen LogP contribution in [-0.4, -0.2) is 22.5 Å². The Morgan fingerprint density at radius 3 is 3.00 bits per heavy atom. The van der Waals surface area contributed by atoms with E-state index < -0.39 is 0 Å². The zero-order valence-corrected chi connectivity index (χ0v) is 11.6. The molecular weight excluding hydrogens is 304 g/mol. The first-order chi connectivity index (χ1) is 8.16. The Bertz CT molecular complexity index is 422. The molecule has 1 unspecified atom stereocenters. The summed E-state index contributed by atoms with van der Waals surface area (Å²) in [5, 5.41) is 14.6. The molecule has 0 amide bonds. The maximum absolute atomic E-state index is 10.6. The first-order valence-electron chi connectivity index (χ1n) is 5.46. The number of nitrogens with one attached hydrogen (secondary N) is 1. The predicted molar refractivity (Wildman–Crippen MR) is 74.8 cm³/mol. The predicted octanol–water partition coefficient (Wildman–Crippen LogP) is 3.66. The van der Waals surface area contributed by atoms with Crippen LogP contribution in [0.2, 0.25) is 0 Å². The molecule has 1 aromatic rings. The number of benzene rings is 1. The number of hydrogen-bond acceptors (Lipinski definition) is 4. The number of hydrogen-bond donors (Lipinski definition) is 1. The molecule has 1 aliphatic heterocycles. The minimum absolute atomic E-state index is 0.109. The van der Waals surface area contributed by atoms with Crippen molar-refractivity contribution in [1.82, 2.24) is 0 Å². The van der Waals surface area contributed by atoms with Gasteiger partial charge in [0.15, 0.2) is 0 Å². The van der Waals surface area contributed by atoms with Crippen molar-refractivity contribution in [1.29, 1.82) is 0 Å². The molecule has 0 aliphatic carbocycles. The van der Waals surface area contributed by atoms with Gasteiger partial charge in [0, 0.05) is 34.1 Å². The summed E-state index contributed by atoms with van der Waals surface area (Å²) in [6.07, 6.45) is 2.54. The van der Waals surface area contributed by atoms with Gasteiger partial charge in [-0.1, -0.05) is 0 Å². The molecule has 0 spiro atoms. The summed E-state index contributed by atoms with van der Waals surface area (Å²) in [6.45, 7) is 0.918. The van der Waals surface area contributed by atoms with Crippen LogP contribution in [-0.2, 0) is 0 Å². The summed E-state index contributed by atoms with van der Waals surface area (Å²) in [5.74, 6) is 1.24. The van der Waals surface area contributed by atoms with Crippen LogP contribution in [0.15, 0.2) is 22.7 Å². The summed E-state index contributed by atoms with van der Waals surface area (Å²) < 4.78 is 0.745. The average Bonchev–Trinajstić information content (AvgIpc) is 2.80. The highest BCUT2D eigenvalue weighted by atomic mass is 79.9. The fourth-order valence-corrected chi connectivity index (χ4v) is 3.50. The number of thioether (sulfide) groups is 1. The molecule has 0 bridgehead atoms. The Morgan fingerprint density at radius 1 is 1.59 bits per heavy atom. The van der Waals surface area contributed by atoms with Crippen LogP contribution in [0, 0.1) is 10.1 Å². The van der Waals surface area contributed by atoms with E-state index in [1.807, 2.05) is 11.8 Å². The molecule has 17 heavy (non-hydrogen) atoms. The van der Waals surface area contributed by atoms with E-state index in [1.54, 1.807) is 6.07 Å². The van der Waals surface area contributed by atoms with Gasteiger partial charge in [0.1, 0.15) is 0 Å². The van der Waals surface area contributed by atoms with Crippen molar-refractivity contribution < 1.29 is 4.92 Å². The van der Waals surface area contributed by atoms with Gasteiger partial charge >= 0.3 is 0 Å². The number of halogens is 1. The van der Waals surface area contributed by atoms with E-state index in [2.05, 4.69) is 21.2 Å². The second kappa shape index (κ2) is 5.73. The summed E-state index contributed by atoms with van der Waals surface area (Å²) in [4.78, 5) is 10.2. The fourth-order valence-electron chi connectivity index (χ4n) is 1.79. The number of rotatable bonds is 4. The highest BCUT2D eigenvalue weighted by Crippen LogP contribution is 2.29. The molecule has 2 rings (SSSR count). The van der Waals surface area contributed by atoms with Crippen molar-refractivity contribution in [2.45, 2.75) is 18.1 Å². The summed E-state index contributed by atoms with van der Waals surface area (Å²) in [7, 11) is 0. The summed E-state index contributed by atoms with van der Waals surface area (Å²) in [5.41, 5.74) is 1.03. The number of anilines is 1. The van der Waals surface area contributed by atoms with Crippen LogP contribution in [0.4, 0.5) is 11.4 Å². The van der Waals surface area contributed by atoms with Gasteiger partial charge in [-0.15, -0.1) is 0 Å². The van der Waals surface area contributed by atoms with Crippen LogP contribution < -0.4 is 5.32 Å². The van der Waals surface area contributed by atoms with Gasteiger partial charge in [-0.05, 0) is 40.6 Å². The summed E-state index contributed by atoms with van der Waals surface area (Å²) in [6, 6.07) is 4.81. The minimum Gasteiger partial charge on any atom is -0.383 e. The van der Waals surface area contributed by atoms with E-state index in [0.717, 1.165) is 16.7 Å². The molecule has 0 saturated carbocycles. The zero-order valence-electron chi connectivity index (χ0n) is 9.19. The van der Waals surface area contributed by atoms with Crippen molar-refractivity contribution in [3.05, 3.63) is 32.8 Å². The molecule has 0 radical (unpaired) electrons. The molecule has 4 nitrogen and oxygen atoms in total. The van der Waals surface area contributed by atoms with Crippen molar-refractivity contribution in [3.8, 4) is 0 Å². The van der Waals surface area contributed by atoms with Gasteiger partial charge in [-0.3, -0.25) is 10.1 Å². The lowest BCUT2D eigenvalue weighted by Gasteiger charge is -2.12. The Labute approximate surface area is 112 Å². The Morgan fingerprint density at radius 2 is 2.41 bits per heavy atom. The van der Waals surface area contributed by atoms with Crippen molar-refractivity contribution in [2.75, 3.05) is 17.6 Å². The third-order valence-electron chi connectivity index (χ3n) is 2.71. The van der Waals surface area contributed by atoms with E-state index in [9.17, 15) is 10.1 Å². The van der Waals surface area contributed by atoms with Gasteiger partial charge in [0.05, 0.1) is 4.92 Å². The third-order valence-corrected chi connectivity index (χ3v) is 4.76. The molecule has 6 heteroatoms. The maximum Gasteiger partial charge on any atom is 0.270 e. The SMILES string of the molecule is O=[N+]([O-])c1ccc(NCC2CCCS2)c(Br)c1. The first kappa shape index (κ1) is 12.7. The van der Waals surface area contributed by atoms with Gasteiger partial charge in [-0.25, -0.2) is 0 Å². The minimum atomic E-state index is -0.388. The topological polar surface area (TPSA) is 55.2 Å². The van der Waals surface area contributed by atoms with Crippen LogP contribution in [0.25, 0.3) is 0 Å². The zero-order chi connectivity index (χ0) is 12.3. The van der Waals surface area contributed by atoms with E-state index >= 15 is 0 Å². The van der Waals surface area contributed by atoms with Crippen LogP contribution in [0.1, 0.15) is 12.8 Å². The maximum atomic E-state index is 10.6. The van der Waals surface area contributed by atoms with Gasteiger partial charge in [0.25, 0.3) is 5.69 Å². The van der Waals surface area contributed by atoms with Crippen molar-refractivity contribution >= 4 is 39.1 Å². The van der Waals surface area contributed by atoms with Crippen LogP contribution in [0.3, 0.4) is 0 Å². The number of nitro benzene ring substituents is 1. The van der Waals surface area contributed by atoms with E-state index in [-0.39, 0.29) is 10.6 Å². The molecular formula is C11H13BrN2O2S. The largest absolute Gasteiger partial charge is 0.383 e. The smallest absolute Gasteiger partial charge is 0.270 e. The van der Waals surface area contributed by atoms with E-state index in [4.69, 9.17) is 0 Å². The second-order valence-electron chi connectivity index (χ2n) is 3.94. The number of nitrogens with zero attached hydrogens (tertiary/aromatic N) is 1. The van der Waals surface area contributed by atoms with Crippen molar-refractivity contribution in [2.24, 2.45) is 0 Å². The fraction of sp³-hybridized carbons (Fsp3) is 0.455. The number of non-ortho nitro benzene ring substituents is 1. The van der Waals surface area contributed by atoms with Gasteiger partial charge in [0.2, 0.25) is 0 Å². The van der Waals surface area contributed by atoms with Crippen LogP contribution >= 0.6 is 27.7 Å². The molecule has 1 N–H and O–H groups in total. The van der Waals surface area contributed by atoms with Crippen molar-refractivity contribution in [3.63, 3.8) is 0 Å². The highest BCUT2D eigenvalue weighted by Gasteiger charge is 2.16. The van der Waals surface area contributed by atoms with Gasteiger partial charge in [-0.2, -0.15) is 11.8 Å². The van der Waals surface area contributed by atoms with E-state index in [1.165, 1.54) is 30.7 Å². The molecule has 92 valence electrons. The number of nitro groups is 1. The average molecular weight is 317 g/mol. The Kier molecular flexibility index (Phi) is 4.28. The molecule has 1 aliphatic rings. The normalized spacial score (nSPS) is 19.2.